The van der Waals surface area contributed by atoms with Gasteiger partial charge < -0.3 is 10.2 Å². The Bertz CT molecular complexity index is 380. The summed E-state index contributed by atoms with van der Waals surface area (Å²) in [5.74, 6) is 0. The molecule has 1 aromatic heterocycles. The van der Waals surface area contributed by atoms with Crippen LogP contribution < -0.4 is 5.32 Å². The first kappa shape index (κ1) is 17.1. The maximum Gasteiger partial charge on any atom is 0.0965 e. The van der Waals surface area contributed by atoms with Crippen LogP contribution in [0.4, 0.5) is 0 Å². The van der Waals surface area contributed by atoms with E-state index in [1.54, 1.807) is 0 Å². The summed E-state index contributed by atoms with van der Waals surface area (Å²) in [6.45, 7) is 13.7. The van der Waals surface area contributed by atoms with Gasteiger partial charge in [-0.2, -0.15) is 0 Å². The fourth-order valence-electron chi connectivity index (χ4n) is 2.00. The maximum atomic E-state index is 4.21. The van der Waals surface area contributed by atoms with Gasteiger partial charge in [-0.3, -0.25) is 4.68 Å². The van der Waals surface area contributed by atoms with Gasteiger partial charge in [-0.25, -0.2) is 0 Å². The van der Waals surface area contributed by atoms with Crippen molar-refractivity contribution in [1.82, 2.24) is 25.2 Å². The quantitative estimate of drug-likeness (QED) is 0.794. The van der Waals surface area contributed by atoms with Crippen LogP contribution in [-0.2, 0) is 13.1 Å². The van der Waals surface area contributed by atoms with E-state index in [1.165, 1.54) is 12.8 Å². The van der Waals surface area contributed by atoms with Crippen LogP contribution in [0.3, 0.4) is 0 Å². The SMILES string of the molecule is CCCC(C)N(C)CCn1cc(CNC(C)(C)C)nn1. The van der Waals surface area contributed by atoms with Crippen molar-refractivity contribution in [2.24, 2.45) is 0 Å². The second-order valence-electron chi connectivity index (χ2n) is 6.69. The fraction of sp³-hybridized carbons (Fsp3) is 0.867. The second kappa shape index (κ2) is 7.74. The van der Waals surface area contributed by atoms with Crippen LogP contribution in [0.5, 0.6) is 0 Å². The van der Waals surface area contributed by atoms with Gasteiger partial charge in [-0.05, 0) is 41.2 Å². The van der Waals surface area contributed by atoms with Crippen molar-refractivity contribution in [2.75, 3.05) is 13.6 Å². The molecule has 0 aliphatic rings. The molecular weight excluding hydrogens is 250 g/mol. The van der Waals surface area contributed by atoms with Gasteiger partial charge in [0, 0.05) is 30.9 Å². The predicted octanol–water partition coefficient (Wildman–Crippen LogP) is 2.29. The van der Waals surface area contributed by atoms with E-state index in [2.05, 4.69) is 62.2 Å². The van der Waals surface area contributed by atoms with Crippen LogP contribution in [0.25, 0.3) is 0 Å². The summed E-state index contributed by atoms with van der Waals surface area (Å²) in [4.78, 5) is 2.39. The first-order valence-electron chi connectivity index (χ1n) is 7.66. The molecule has 1 aromatic rings. The van der Waals surface area contributed by atoms with Crippen molar-refractivity contribution in [1.29, 1.82) is 0 Å². The predicted molar refractivity (Wildman–Crippen MR) is 83.6 cm³/mol. The van der Waals surface area contributed by atoms with Gasteiger partial charge >= 0.3 is 0 Å². The summed E-state index contributed by atoms with van der Waals surface area (Å²) in [6, 6.07) is 0.630. The summed E-state index contributed by atoms with van der Waals surface area (Å²) in [6.07, 6.45) is 4.52. The molecule has 0 amide bonds. The molecule has 1 N–H and O–H groups in total. The molecule has 20 heavy (non-hydrogen) atoms. The molecule has 5 heteroatoms. The minimum atomic E-state index is 0.111. The summed E-state index contributed by atoms with van der Waals surface area (Å²) >= 11 is 0. The fourth-order valence-corrected chi connectivity index (χ4v) is 2.00. The number of rotatable bonds is 8. The van der Waals surface area contributed by atoms with Gasteiger partial charge in [0.15, 0.2) is 0 Å². The van der Waals surface area contributed by atoms with Crippen molar-refractivity contribution in [2.45, 2.75) is 72.1 Å². The summed E-state index contributed by atoms with van der Waals surface area (Å²) in [5.41, 5.74) is 1.11. The summed E-state index contributed by atoms with van der Waals surface area (Å²) < 4.78 is 1.94. The molecule has 1 atom stereocenters. The molecule has 0 saturated carbocycles. The molecule has 0 aromatic carbocycles. The number of nitrogens with zero attached hydrogens (tertiary/aromatic N) is 4. The molecular formula is C15H31N5. The Kier molecular flexibility index (Phi) is 6.62. The number of hydrogen-bond acceptors (Lipinski definition) is 4. The highest BCUT2D eigenvalue weighted by molar-refractivity contribution is 4.93. The first-order valence-corrected chi connectivity index (χ1v) is 7.66. The molecule has 0 radical (unpaired) electrons. The van der Waals surface area contributed by atoms with Gasteiger partial charge in [0.1, 0.15) is 0 Å². The van der Waals surface area contributed by atoms with E-state index in [0.717, 1.165) is 25.3 Å². The average Bonchev–Trinajstić information content (AvgIpc) is 2.81. The molecule has 1 unspecified atom stereocenters. The van der Waals surface area contributed by atoms with Gasteiger partial charge in [0.2, 0.25) is 0 Å². The van der Waals surface area contributed by atoms with E-state index in [9.17, 15) is 0 Å². The molecule has 0 aliphatic heterocycles. The smallest absolute Gasteiger partial charge is 0.0965 e. The average molecular weight is 281 g/mol. The zero-order valence-electron chi connectivity index (χ0n) is 14.0. The normalized spacial score (nSPS) is 13.9. The second-order valence-corrected chi connectivity index (χ2v) is 6.69. The van der Waals surface area contributed by atoms with Gasteiger partial charge in [0.05, 0.1) is 12.2 Å². The van der Waals surface area contributed by atoms with Crippen LogP contribution in [-0.4, -0.2) is 45.1 Å². The van der Waals surface area contributed by atoms with Crippen LogP contribution in [0.1, 0.15) is 53.2 Å². The minimum absolute atomic E-state index is 0.111. The molecule has 5 nitrogen and oxygen atoms in total. The van der Waals surface area contributed by atoms with E-state index in [4.69, 9.17) is 0 Å². The third kappa shape index (κ3) is 6.48. The molecule has 116 valence electrons. The molecule has 0 fully saturated rings. The third-order valence-electron chi connectivity index (χ3n) is 3.53. The summed E-state index contributed by atoms with van der Waals surface area (Å²) in [7, 11) is 2.18. The van der Waals surface area contributed by atoms with Crippen molar-refractivity contribution in [3.63, 3.8) is 0 Å². The van der Waals surface area contributed by atoms with Crippen LogP contribution in [0.2, 0.25) is 0 Å². The molecule has 1 heterocycles. The Hall–Kier alpha value is -0.940. The first-order chi connectivity index (χ1) is 9.31. The third-order valence-corrected chi connectivity index (χ3v) is 3.53. The molecule has 0 aliphatic carbocycles. The molecule has 1 rings (SSSR count). The lowest BCUT2D eigenvalue weighted by atomic mass is 10.1. The largest absolute Gasteiger partial charge is 0.306 e. The van der Waals surface area contributed by atoms with E-state index >= 15 is 0 Å². The number of aromatic nitrogens is 3. The maximum absolute atomic E-state index is 4.21. The van der Waals surface area contributed by atoms with E-state index < -0.39 is 0 Å². The van der Waals surface area contributed by atoms with Gasteiger partial charge in [-0.1, -0.05) is 18.6 Å². The van der Waals surface area contributed by atoms with E-state index in [1.807, 2.05) is 10.9 Å². The van der Waals surface area contributed by atoms with E-state index in [0.29, 0.717) is 6.04 Å². The summed E-state index contributed by atoms with van der Waals surface area (Å²) in [5, 5.41) is 11.8. The number of nitrogens with one attached hydrogen (secondary N) is 1. The highest BCUT2D eigenvalue weighted by Crippen LogP contribution is 2.05. The van der Waals surface area contributed by atoms with Crippen molar-refractivity contribution in [3.05, 3.63) is 11.9 Å². The zero-order valence-corrected chi connectivity index (χ0v) is 14.0. The van der Waals surface area contributed by atoms with Crippen LogP contribution >= 0.6 is 0 Å². The Morgan fingerprint density at radius 3 is 2.70 bits per heavy atom. The van der Waals surface area contributed by atoms with Gasteiger partial charge in [0.25, 0.3) is 0 Å². The highest BCUT2D eigenvalue weighted by Gasteiger charge is 2.11. The standard InChI is InChI=1S/C15H31N5/c1-7-8-13(2)19(6)9-10-20-12-14(17-18-20)11-16-15(3,4)5/h12-13,16H,7-11H2,1-6H3. The van der Waals surface area contributed by atoms with Crippen molar-refractivity contribution in [3.8, 4) is 0 Å². The zero-order chi connectivity index (χ0) is 15.2. The Labute approximate surface area is 123 Å². The molecule has 0 saturated heterocycles. The lowest BCUT2D eigenvalue weighted by molar-refractivity contribution is 0.232. The minimum Gasteiger partial charge on any atom is -0.306 e. The van der Waals surface area contributed by atoms with Crippen LogP contribution in [0.15, 0.2) is 6.20 Å². The van der Waals surface area contributed by atoms with Crippen molar-refractivity contribution >= 4 is 0 Å². The lowest BCUT2D eigenvalue weighted by Crippen LogP contribution is -2.35. The van der Waals surface area contributed by atoms with Gasteiger partial charge in [-0.15, -0.1) is 5.10 Å². The van der Waals surface area contributed by atoms with Crippen molar-refractivity contribution < 1.29 is 0 Å². The number of hydrogen-bond donors (Lipinski definition) is 1. The number of likely N-dealkylation sites (N-methyl/N-ethyl adjacent to an activating group) is 1. The molecule has 0 spiro atoms. The van der Waals surface area contributed by atoms with E-state index in [-0.39, 0.29) is 5.54 Å². The lowest BCUT2D eigenvalue weighted by Gasteiger charge is -2.23. The highest BCUT2D eigenvalue weighted by atomic mass is 15.4. The molecule has 0 bridgehead atoms. The topological polar surface area (TPSA) is 46.0 Å². The Morgan fingerprint density at radius 1 is 1.40 bits per heavy atom. The Morgan fingerprint density at radius 2 is 2.10 bits per heavy atom. The monoisotopic (exact) mass is 281 g/mol. The Balaban J connectivity index is 2.37. The van der Waals surface area contributed by atoms with Crippen LogP contribution in [0, 0.1) is 0 Å².